The minimum absolute atomic E-state index is 1.01. The smallest absolute Gasteiger partial charge is 0.118 e. The van der Waals surface area contributed by atoms with Crippen LogP contribution < -0.4 is 0 Å². The number of hydrogen-bond acceptors (Lipinski definition) is 2. The third-order valence-electron chi connectivity index (χ3n) is 6.30. The Morgan fingerprint density at radius 3 is 2.52 bits per heavy atom. The predicted molar refractivity (Wildman–Crippen MR) is 113 cm³/mol. The summed E-state index contributed by atoms with van der Waals surface area (Å²) in [5, 5.41) is 12.0. The number of H-pyrrole nitrogens is 1. The Kier molecular flexibility index (Phi) is 2.97. The molecule has 1 N–H and O–H groups in total. The molecule has 0 unspecified atom stereocenters. The Balaban J connectivity index is 1.92. The highest BCUT2D eigenvalue weighted by Crippen LogP contribution is 2.44. The molecule has 0 radical (unpaired) electrons. The molecule has 3 nitrogen and oxygen atoms in total. The molecule has 0 amide bonds. The molecular formula is C24H21N3. The highest BCUT2D eigenvalue weighted by molar-refractivity contribution is 6.20. The van der Waals surface area contributed by atoms with Crippen molar-refractivity contribution in [2.24, 2.45) is 0 Å². The number of aryl methyl sites for hydroxylation is 2. The van der Waals surface area contributed by atoms with E-state index in [0.29, 0.717) is 0 Å². The van der Waals surface area contributed by atoms with Crippen LogP contribution >= 0.6 is 0 Å². The predicted octanol–water partition coefficient (Wildman–Crippen LogP) is 5.96. The summed E-state index contributed by atoms with van der Waals surface area (Å²) < 4.78 is 0. The van der Waals surface area contributed by atoms with Gasteiger partial charge in [-0.1, -0.05) is 30.4 Å². The van der Waals surface area contributed by atoms with Gasteiger partial charge in [0.1, 0.15) is 5.52 Å². The Morgan fingerprint density at radius 1 is 0.852 bits per heavy atom. The zero-order valence-corrected chi connectivity index (χ0v) is 15.7. The van der Waals surface area contributed by atoms with Gasteiger partial charge < -0.3 is 0 Å². The average molecular weight is 351 g/mol. The maximum Gasteiger partial charge on any atom is 0.118 e. The lowest BCUT2D eigenvalue weighted by molar-refractivity contribution is 0.965. The standard InChI is InChI=1S/C24H21N3/c1-13-7-5-10-16-19(13)21-15-9-3-4-12-18(15)26-27-24(21)23-20(16)17-11-6-8-14(2)22(17)25-23/h3-4,7-9,12,26H,5-6,10-11H2,1-2H3. The van der Waals surface area contributed by atoms with E-state index in [-0.39, 0.29) is 0 Å². The van der Waals surface area contributed by atoms with Crippen molar-refractivity contribution in [2.45, 2.75) is 39.5 Å². The number of nitrogens with zero attached hydrogens (tertiary/aromatic N) is 2. The van der Waals surface area contributed by atoms with Crippen LogP contribution in [0.2, 0.25) is 0 Å². The van der Waals surface area contributed by atoms with E-state index in [1.54, 1.807) is 0 Å². The van der Waals surface area contributed by atoms with E-state index in [2.05, 4.69) is 55.4 Å². The number of allylic oxidation sites excluding steroid dienone is 4. The summed E-state index contributed by atoms with van der Waals surface area (Å²) >= 11 is 0. The number of aromatic amines is 1. The Hall–Kier alpha value is -2.94. The number of para-hydroxylation sites is 1. The van der Waals surface area contributed by atoms with Crippen molar-refractivity contribution in [1.82, 2.24) is 15.2 Å². The topological polar surface area (TPSA) is 41.6 Å². The van der Waals surface area contributed by atoms with Crippen LogP contribution in [0.1, 0.15) is 49.1 Å². The van der Waals surface area contributed by atoms with E-state index in [0.717, 1.165) is 42.2 Å². The molecule has 0 saturated carbocycles. The molecule has 2 aliphatic rings. The molecule has 132 valence electrons. The van der Waals surface area contributed by atoms with Gasteiger partial charge in [-0.3, -0.25) is 5.10 Å². The number of aromatic nitrogens is 3. The van der Waals surface area contributed by atoms with Crippen molar-refractivity contribution in [1.29, 1.82) is 0 Å². The van der Waals surface area contributed by atoms with Crippen molar-refractivity contribution < 1.29 is 0 Å². The Morgan fingerprint density at radius 2 is 1.63 bits per heavy atom. The second kappa shape index (κ2) is 5.29. The lowest BCUT2D eigenvalue weighted by Gasteiger charge is -2.21. The summed E-state index contributed by atoms with van der Waals surface area (Å²) in [4.78, 5) is 5.13. The first kappa shape index (κ1) is 15.2. The summed E-state index contributed by atoms with van der Waals surface area (Å²) in [5.74, 6) is 0. The summed E-state index contributed by atoms with van der Waals surface area (Å²) in [5.41, 5.74) is 11.4. The SMILES string of the molecule is CC1=CCCc2c1nc1c2c2c(c3c4ccccc4[nH]nc13)C(C)=CCC2. The van der Waals surface area contributed by atoms with Gasteiger partial charge >= 0.3 is 0 Å². The second-order valence-electron chi connectivity index (χ2n) is 7.86. The highest BCUT2D eigenvalue weighted by Gasteiger charge is 2.27. The van der Waals surface area contributed by atoms with Gasteiger partial charge in [-0.15, -0.1) is 0 Å². The van der Waals surface area contributed by atoms with Crippen LogP contribution in [0.4, 0.5) is 0 Å². The maximum atomic E-state index is 5.13. The monoisotopic (exact) mass is 351 g/mol. The first-order valence-electron chi connectivity index (χ1n) is 9.82. The quantitative estimate of drug-likeness (QED) is 0.397. The third kappa shape index (κ3) is 1.92. The molecule has 0 saturated heterocycles. The third-order valence-corrected chi connectivity index (χ3v) is 6.30. The Labute approximate surface area is 157 Å². The van der Waals surface area contributed by atoms with Crippen LogP contribution in [-0.2, 0) is 12.8 Å². The molecule has 2 heterocycles. The molecule has 0 atom stereocenters. The number of fused-ring (bicyclic) bond motifs is 10. The minimum Gasteiger partial charge on any atom is -0.277 e. The van der Waals surface area contributed by atoms with E-state index in [4.69, 9.17) is 10.1 Å². The molecule has 2 aromatic heterocycles. The molecule has 0 fully saturated rings. The fourth-order valence-corrected chi connectivity index (χ4v) is 5.11. The molecule has 0 aliphatic heterocycles. The number of nitrogens with one attached hydrogen (secondary N) is 1. The van der Waals surface area contributed by atoms with E-state index in [1.807, 2.05) is 0 Å². The molecule has 27 heavy (non-hydrogen) atoms. The van der Waals surface area contributed by atoms with Crippen molar-refractivity contribution in [3.8, 4) is 0 Å². The molecule has 4 aromatic rings. The van der Waals surface area contributed by atoms with E-state index in [9.17, 15) is 0 Å². The number of rotatable bonds is 0. The molecule has 0 spiro atoms. The summed E-state index contributed by atoms with van der Waals surface area (Å²) in [6.07, 6.45) is 9.10. The molecule has 6 rings (SSSR count). The first-order chi connectivity index (χ1) is 13.2. The minimum atomic E-state index is 1.01. The van der Waals surface area contributed by atoms with Crippen molar-refractivity contribution >= 4 is 43.9 Å². The van der Waals surface area contributed by atoms with Crippen LogP contribution in [0.5, 0.6) is 0 Å². The van der Waals surface area contributed by atoms with Crippen LogP contribution in [0.3, 0.4) is 0 Å². The second-order valence-corrected chi connectivity index (χ2v) is 7.86. The van der Waals surface area contributed by atoms with Crippen molar-refractivity contribution in [2.75, 3.05) is 0 Å². The van der Waals surface area contributed by atoms with E-state index in [1.165, 1.54) is 49.7 Å². The fourth-order valence-electron chi connectivity index (χ4n) is 5.11. The van der Waals surface area contributed by atoms with Crippen LogP contribution in [0.15, 0.2) is 36.4 Å². The lowest BCUT2D eigenvalue weighted by Crippen LogP contribution is -2.04. The first-order valence-corrected chi connectivity index (χ1v) is 9.82. The maximum absolute atomic E-state index is 5.13. The van der Waals surface area contributed by atoms with Crippen molar-refractivity contribution in [3.05, 3.63) is 58.8 Å². The van der Waals surface area contributed by atoms with Crippen LogP contribution in [0, 0.1) is 0 Å². The normalized spacial score (nSPS) is 16.4. The number of benzene rings is 2. The number of hydrogen-bond donors (Lipinski definition) is 1. The van der Waals surface area contributed by atoms with Crippen molar-refractivity contribution in [3.63, 3.8) is 0 Å². The zero-order chi connectivity index (χ0) is 18.1. The largest absolute Gasteiger partial charge is 0.277 e. The molecule has 2 aromatic carbocycles. The van der Waals surface area contributed by atoms with E-state index < -0.39 is 0 Å². The summed E-state index contributed by atoms with van der Waals surface area (Å²) in [6, 6.07) is 8.49. The van der Waals surface area contributed by atoms with Gasteiger partial charge in [-0.2, -0.15) is 5.10 Å². The van der Waals surface area contributed by atoms with Gasteiger partial charge in [0.15, 0.2) is 0 Å². The average Bonchev–Trinajstić information content (AvgIpc) is 3.09. The van der Waals surface area contributed by atoms with Gasteiger partial charge in [0.05, 0.1) is 16.7 Å². The van der Waals surface area contributed by atoms with Gasteiger partial charge in [-0.05, 0) is 73.4 Å². The summed E-state index contributed by atoms with van der Waals surface area (Å²) in [7, 11) is 0. The lowest BCUT2D eigenvalue weighted by atomic mass is 9.83. The van der Waals surface area contributed by atoms with Gasteiger partial charge in [0, 0.05) is 16.2 Å². The molecule has 3 heteroatoms. The molecular weight excluding hydrogens is 330 g/mol. The fraction of sp³-hybridized carbons (Fsp3) is 0.250. The van der Waals surface area contributed by atoms with Crippen LogP contribution in [-0.4, -0.2) is 15.2 Å². The van der Waals surface area contributed by atoms with E-state index >= 15 is 0 Å². The van der Waals surface area contributed by atoms with Gasteiger partial charge in [-0.25, -0.2) is 4.98 Å². The van der Waals surface area contributed by atoms with Crippen LogP contribution in [0.25, 0.3) is 43.9 Å². The van der Waals surface area contributed by atoms with Gasteiger partial charge in [0.25, 0.3) is 0 Å². The zero-order valence-electron chi connectivity index (χ0n) is 15.7. The Bertz CT molecular complexity index is 1330. The summed E-state index contributed by atoms with van der Waals surface area (Å²) in [6.45, 7) is 4.45. The highest BCUT2D eigenvalue weighted by atomic mass is 15.1. The molecule has 2 aliphatic carbocycles. The molecule has 0 bridgehead atoms. The van der Waals surface area contributed by atoms with Gasteiger partial charge in [0.2, 0.25) is 0 Å².